The van der Waals surface area contributed by atoms with Gasteiger partial charge in [0.2, 0.25) is 10.0 Å². The Morgan fingerprint density at radius 3 is 2.37 bits per heavy atom. The number of halogens is 1. The van der Waals surface area contributed by atoms with Crippen LogP contribution in [0.25, 0.3) is 0 Å². The SMILES string of the molecule is Cc1nn(CN2CCN(S(=O)(=O)c3ccc(F)cc3)CC2)c(=S)n1C1CC1. The first-order chi connectivity index (χ1) is 12.9. The van der Waals surface area contributed by atoms with Crippen LogP contribution in [-0.2, 0) is 16.7 Å². The molecule has 1 saturated carbocycles. The minimum Gasteiger partial charge on any atom is -0.301 e. The van der Waals surface area contributed by atoms with E-state index >= 15 is 0 Å². The Bertz CT molecular complexity index is 987. The van der Waals surface area contributed by atoms with Crippen LogP contribution in [0.5, 0.6) is 0 Å². The van der Waals surface area contributed by atoms with Crippen LogP contribution in [-0.4, -0.2) is 58.1 Å². The molecule has 0 N–H and O–H groups in total. The van der Waals surface area contributed by atoms with Crippen LogP contribution in [0.4, 0.5) is 4.39 Å². The predicted octanol–water partition coefficient (Wildman–Crippen LogP) is 2.16. The summed E-state index contributed by atoms with van der Waals surface area (Å²) in [6.45, 7) is 4.49. The molecule has 1 saturated heterocycles. The number of nitrogens with zero attached hydrogens (tertiary/aromatic N) is 5. The molecule has 1 aliphatic carbocycles. The lowest BCUT2D eigenvalue weighted by molar-refractivity contribution is 0.144. The monoisotopic (exact) mass is 411 g/mol. The van der Waals surface area contributed by atoms with Gasteiger partial charge in [0, 0.05) is 32.2 Å². The molecule has 2 aliphatic rings. The minimum atomic E-state index is -3.60. The lowest BCUT2D eigenvalue weighted by Crippen LogP contribution is -2.48. The van der Waals surface area contributed by atoms with Gasteiger partial charge >= 0.3 is 0 Å². The Morgan fingerprint density at radius 2 is 1.78 bits per heavy atom. The van der Waals surface area contributed by atoms with Gasteiger partial charge in [-0.2, -0.15) is 9.40 Å². The average molecular weight is 412 g/mol. The quantitative estimate of drug-likeness (QED) is 0.706. The molecule has 0 unspecified atom stereocenters. The van der Waals surface area contributed by atoms with Crippen molar-refractivity contribution in [2.24, 2.45) is 0 Å². The van der Waals surface area contributed by atoms with Crippen molar-refractivity contribution in [1.29, 1.82) is 0 Å². The summed E-state index contributed by atoms with van der Waals surface area (Å²) in [4.78, 5) is 2.27. The van der Waals surface area contributed by atoms with Gasteiger partial charge in [0.25, 0.3) is 0 Å². The molecule has 4 rings (SSSR count). The zero-order chi connectivity index (χ0) is 19.2. The van der Waals surface area contributed by atoms with Gasteiger partial charge in [0.05, 0.1) is 11.6 Å². The second-order valence-corrected chi connectivity index (χ2v) is 9.35. The fraction of sp³-hybridized carbons (Fsp3) is 0.529. The van der Waals surface area contributed by atoms with Crippen molar-refractivity contribution in [3.05, 3.63) is 40.7 Å². The summed E-state index contributed by atoms with van der Waals surface area (Å²) in [6, 6.07) is 5.45. The molecule has 1 aliphatic heterocycles. The number of aryl methyl sites for hydroxylation is 1. The number of hydrogen-bond acceptors (Lipinski definition) is 5. The van der Waals surface area contributed by atoms with E-state index in [-0.39, 0.29) is 4.90 Å². The van der Waals surface area contributed by atoms with Crippen molar-refractivity contribution >= 4 is 22.2 Å². The van der Waals surface area contributed by atoms with Crippen molar-refractivity contribution in [2.45, 2.75) is 37.4 Å². The summed E-state index contributed by atoms with van der Waals surface area (Å²) in [7, 11) is -3.60. The van der Waals surface area contributed by atoms with Crippen LogP contribution >= 0.6 is 12.2 Å². The van der Waals surface area contributed by atoms with Gasteiger partial charge in [0.1, 0.15) is 11.6 Å². The number of aromatic nitrogens is 3. The summed E-state index contributed by atoms with van der Waals surface area (Å²) in [5.74, 6) is 0.483. The molecule has 0 amide bonds. The average Bonchev–Trinajstić information content (AvgIpc) is 3.43. The number of benzene rings is 1. The number of sulfonamides is 1. The maximum atomic E-state index is 13.1. The molecule has 2 heterocycles. The lowest BCUT2D eigenvalue weighted by atomic mass is 10.4. The van der Waals surface area contributed by atoms with E-state index in [1.807, 2.05) is 11.6 Å². The van der Waals surface area contributed by atoms with Crippen LogP contribution in [0.3, 0.4) is 0 Å². The summed E-state index contributed by atoms with van der Waals surface area (Å²) in [6.07, 6.45) is 2.31. The summed E-state index contributed by atoms with van der Waals surface area (Å²) in [5.41, 5.74) is 0. The van der Waals surface area contributed by atoms with Crippen LogP contribution in [0, 0.1) is 17.5 Å². The van der Waals surface area contributed by atoms with Crippen molar-refractivity contribution in [3.8, 4) is 0 Å². The molecule has 1 aromatic carbocycles. The van der Waals surface area contributed by atoms with Crippen molar-refractivity contribution in [1.82, 2.24) is 23.6 Å². The maximum Gasteiger partial charge on any atom is 0.243 e. The second kappa shape index (κ2) is 7.08. The van der Waals surface area contributed by atoms with E-state index in [9.17, 15) is 12.8 Å². The Morgan fingerprint density at radius 1 is 1.15 bits per heavy atom. The van der Waals surface area contributed by atoms with Gasteiger partial charge in [-0.15, -0.1) is 0 Å². The Labute approximate surface area is 163 Å². The highest BCUT2D eigenvalue weighted by atomic mass is 32.2. The molecule has 2 fully saturated rings. The molecule has 0 spiro atoms. The Kier molecular flexibility index (Phi) is 4.91. The van der Waals surface area contributed by atoms with E-state index in [1.165, 1.54) is 28.6 Å². The molecule has 2 aromatic rings. The van der Waals surface area contributed by atoms with Gasteiger partial charge in [-0.25, -0.2) is 17.5 Å². The van der Waals surface area contributed by atoms with E-state index in [0.717, 1.165) is 23.4 Å². The summed E-state index contributed by atoms with van der Waals surface area (Å²) < 4.78 is 44.6. The van der Waals surface area contributed by atoms with E-state index < -0.39 is 15.8 Å². The van der Waals surface area contributed by atoms with Crippen LogP contribution < -0.4 is 0 Å². The molecule has 27 heavy (non-hydrogen) atoms. The topological polar surface area (TPSA) is 63.4 Å². The van der Waals surface area contributed by atoms with Crippen LogP contribution in [0.2, 0.25) is 0 Å². The van der Waals surface area contributed by atoms with Crippen molar-refractivity contribution in [2.75, 3.05) is 26.2 Å². The first-order valence-electron chi connectivity index (χ1n) is 9.00. The molecule has 0 radical (unpaired) electrons. The third-order valence-electron chi connectivity index (χ3n) is 5.07. The fourth-order valence-corrected chi connectivity index (χ4v) is 5.23. The standard InChI is InChI=1S/C17H22FN5O2S2/c1-13-19-22(17(26)23(13)15-4-5-15)12-20-8-10-21(11-9-20)27(24,25)16-6-2-14(18)3-7-16/h2-3,6-7,15H,4-5,8-12H2,1H3. The molecule has 0 atom stereocenters. The highest BCUT2D eigenvalue weighted by molar-refractivity contribution is 7.89. The molecular formula is C17H22FN5O2S2. The predicted molar refractivity (Wildman–Crippen MR) is 101 cm³/mol. The largest absolute Gasteiger partial charge is 0.301 e. The van der Waals surface area contributed by atoms with Gasteiger partial charge < -0.3 is 4.57 Å². The third-order valence-corrected chi connectivity index (χ3v) is 7.39. The first-order valence-corrected chi connectivity index (χ1v) is 10.8. The molecule has 10 heteroatoms. The second-order valence-electron chi connectivity index (χ2n) is 7.05. The minimum absolute atomic E-state index is 0.123. The molecule has 146 valence electrons. The highest BCUT2D eigenvalue weighted by Gasteiger charge is 2.30. The Hall–Kier alpha value is -1.62. The van der Waals surface area contributed by atoms with Gasteiger partial charge in [-0.1, -0.05) is 0 Å². The zero-order valence-electron chi connectivity index (χ0n) is 15.1. The molecular weight excluding hydrogens is 389 g/mol. The van der Waals surface area contributed by atoms with Gasteiger partial charge in [-0.05, 0) is 56.2 Å². The summed E-state index contributed by atoms with van der Waals surface area (Å²) in [5, 5.41) is 4.56. The smallest absolute Gasteiger partial charge is 0.243 e. The molecule has 0 bridgehead atoms. The van der Waals surface area contributed by atoms with Crippen LogP contribution in [0.15, 0.2) is 29.2 Å². The number of hydrogen-bond donors (Lipinski definition) is 0. The summed E-state index contributed by atoms with van der Waals surface area (Å²) >= 11 is 5.55. The van der Waals surface area contributed by atoms with Crippen molar-refractivity contribution in [3.63, 3.8) is 0 Å². The van der Waals surface area contributed by atoms with Crippen LogP contribution in [0.1, 0.15) is 24.7 Å². The lowest BCUT2D eigenvalue weighted by Gasteiger charge is -2.33. The number of piperazine rings is 1. The normalized spacial score (nSPS) is 19.5. The Balaban J connectivity index is 1.41. The van der Waals surface area contributed by atoms with E-state index in [2.05, 4.69) is 14.6 Å². The molecule has 1 aromatic heterocycles. The maximum absolute atomic E-state index is 13.1. The fourth-order valence-electron chi connectivity index (χ4n) is 3.43. The van der Waals surface area contributed by atoms with E-state index in [0.29, 0.717) is 38.9 Å². The van der Waals surface area contributed by atoms with Crippen molar-refractivity contribution < 1.29 is 12.8 Å². The third kappa shape index (κ3) is 3.71. The highest BCUT2D eigenvalue weighted by Crippen LogP contribution is 2.35. The molecule has 7 nitrogen and oxygen atoms in total. The van der Waals surface area contributed by atoms with E-state index in [4.69, 9.17) is 12.2 Å². The zero-order valence-corrected chi connectivity index (χ0v) is 16.7. The van der Waals surface area contributed by atoms with Gasteiger partial charge in [0.15, 0.2) is 4.77 Å². The van der Waals surface area contributed by atoms with Gasteiger partial charge in [-0.3, -0.25) is 4.90 Å². The first kappa shape index (κ1) is 18.7. The number of rotatable bonds is 5. The van der Waals surface area contributed by atoms with E-state index in [1.54, 1.807) is 0 Å².